The maximum Gasteiger partial charge on any atom is 0.354 e. The Kier molecular flexibility index (Phi) is 4.42. The van der Waals surface area contributed by atoms with Crippen molar-refractivity contribution >= 4 is 11.9 Å². The molecule has 0 saturated carbocycles. The standard InChI is InChI=1S/C17H17N5O/c1-22-16(14-9-11-18-12-10-14)20-17(21-22)19-15(23)8-7-13-5-3-2-4-6-13/h2-6,9-12H,7-8H2,1H3,(H,19,21,23)/p+1. The third-order valence-electron chi connectivity index (χ3n) is 3.49. The number of aromatic amines is 1. The molecule has 0 saturated heterocycles. The Morgan fingerprint density at radius 3 is 2.65 bits per heavy atom. The van der Waals surface area contributed by atoms with E-state index in [9.17, 15) is 4.79 Å². The Bertz CT molecular complexity index is 783. The Labute approximate surface area is 134 Å². The molecule has 1 aromatic carbocycles. The van der Waals surface area contributed by atoms with Gasteiger partial charge < -0.3 is 0 Å². The highest BCUT2D eigenvalue weighted by Crippen LogP contribution is 2.13. The van der Waals surface area contributed by atoms with Gasteiger partial charge in [-0.05, 0) is 24.1 Å². The zero-order chi connectivity index (χ0) is 16.1. The number of carbonyl (C=O) groups excluding carboxylic acids is 1. The molecule has 3 rings (SSSR count). The van der Waals surface area contributed by atoms with Gasteiger partial charge in [-0.2, -0.15) is 9.78 Å². The van der Waals surface area contributed by atoms with E-state index in [-0.39, 0.29) is 5.91 Å². The summed E-state index contributed by atoms with van der Waals surface area (Å²) in [6.45, 7) is 0. The lowest BCUT2D eigenvalue weighted by atomic mass is 10.1. The average molecular weight is 308 g/mol. The number of rotatable bonds is 5. The van der Waals surface area contributed by atoms with Crippen LogP contribution in [0.25, 0.3) is 11.4 Å². The molecule has 6 nitrogen and oxygen atoms in total. The number of H-pyrrole nitrogens is 1. The maximum absolute atomic E-state index is 12.1. The van der Waals surface area contributed by atoms with Crippen LogP contribution in [0.5, 0.6) is 0 Å². The van der Waals surface area contributed by atoms with Crippen molar-refractivity contribution in [2.24, 2.45) is 7.05 Å². The summed E-state index contributed by atoms with van der Waals surface area (Å²) in [4.78, 5) is 20.5. The minimum absolute atomic E-state index is 0.0653. The minimum Gasteiger partial charge on any atom is -0.275 e. The molecule has 0 aliphatic rings. The second-order valence-electron chi connectivity index (χ2n) is 5.22. The van der Waals surface area contributed by atoms with Crippen LogP contribution in [-0.4, -0.2) is 21.0 Å². The lowest BCUT2D eigenvalue weighted by molar-refractivity contribution is -0.716. The maximum atomic E-state index is 12.1. The molecule has 2 aromatic heterocycles. The van der Waals surface area contributed by atoms with Crippen molar-refractivity contribution in [2.45, 2.75) is 12.8 Å². The first-order valence-electron chi connectivity index (χ1n) is 7.42. The molecule has 0 spiro atoms. The number of hydrogen-bond acceptors (Lipinski definition) is 3. The SMILES string of the molecule is C[n+]1[nH]c(NC(=O)CCc2ccccc2)nc1-c1ccncc1. The summed E-state index contributed by atoms with van der Waals surface area (Å²) in [5, 5.41) is 5.83. The monoisotopic (exact) mass is 308 g/mol. The Hall–Kier alpha value is -3.02. The van der Waals surface area contributed by atoms with E-state index >= 15 is 0 Å². The van der Waals surface area contributed by atoms with E-state index < -0.39 is 0 Å². The third-order valence-corrected chi connectivity index (χ3v) is 3.49. The normalized spacial score (nSPS) is 10.5. The van der Waals surface area contributed by atoms with Gasteiger partial charge in [-0.3, -0.25) is 15.1 Å². The molecule has 2 heterocycles. The molecule has 116 valence electrons. The zero-order valence-corrected chi connectivity index (χ0v) is 12.9. The van der Waals surface area contributed by atoms with Gasteiger partial charge in [-0.15, -0.1) is 0 Å². The van der Waals surface area contributed by atoms with Crippen LogP contribution < -0.4 is 10.00 Å². The summed E-state index contributed by atoms with van der Waals surface area (Å²) < 4.78 is 1.77. The fourth-order valence-electron chi connectivity index (χ4n) is 2.33. The smallest absolute Gasteiger partial charge is 0.275 e. The number of anilines is 1. The van der Waals surface area contributed by atoms with Crippen LogP contribution in [-0.2, 0) is 18.3 Å². The second kappa shape index (κ2) is 6.83. The molecule has 0 unspecified atom stereocenters. The number of nitrogens with zero attached hydrogens (tertiary/aromatic N) is 3. The molecular formula is C17H18N5O+. The number of carbonyl (C=O) groups is 1. The first-order chi connectivity index (χ1) is 11.2. The van der Waals surface area contributed by atoms with Crippen LogP contribution in [0.1, 0.15) is 12.0 Å². The average Bonchev–Trinajstić information content (AvgIpc) is 2.95. The van der Waals surface area contributed by atoms with Gasteiger partial charge in [0.05, 0.1) is 5.56 Å². The molecule has 0 bridgehead atoms. The largest absolute Gasteiger partial charge is 0.354 e. The Morgan fingerprint density at radius 1 is 1.17 bits per heavy atom. The van der Waals surface area contributed by atoms with E-state index in [4.69, 9.17) is 0 Å². The minimum atomic E-state index is -0.0653. The Morgan fingerprint density at radius 2 is 1.91 bits per heavy atom. The fraction of sp³-hybridized carbons (Fsp3) is 0.176. The van der Waals surface area contributed by atoms with Crippen molar-refractivity contribution in [3.63, 3.8) is 0 Å². The van der Waals surface area contributed by atoms with Crippen LogP contribution >= 0.6 is 0 Å². The molecule has 0 atom stereocenters. The van der Waals surface area contributed by atoms with Gasteiger partial charge in [0.25, 0.3) is 0 Å². The van der Waals surface area contributed by atoms with Crippen LogP contribution in [0.4, 0.5) is 5.95 Å². The molecule has 23 heavy (non-hydrogen) atoms. The number of aryl methyl sites for hydroxylation is 2. The van der Waals surface area contributed by atoms with Crippen molar-refractivity contribution in [1.29, 1.82) is 0 Å². The molecule has 3 aromatic rings. The first kappa shape index (κ1) is 14.9. The first-order valence-corrected chi connectivity index (χ1v) is 7.42. The summed E-state index contributed by atoms with van der Waals surface area (Å²) in [7, 11) is 1.85. The second-order valence-corrected chi connectivity index (χ2v) is 5.22. The third kappa shape index (κ3) is 3.79. The van der Waals surface area contributed by atoms with Gasteiger partial charge in [0.2, 0.25) is 5.91 Å². The van der Waals surface area contributed by atoms with E-state index in [0.717, 1.165) is 17.0 Å². The van der Waals surface area contributed by atoms with Gasteiger partial charge in [0, 0.05) is 23.8 Å². The van der Waals surface area contributed by atoms with Gasteiger partial charge >= 0.3 is 11.8 Å². The van der Waals surface area contributed by atoms with Gasteiger partial charge in [0.1, 0.15) is 7.05 Å². The van der Waals surface area contributed by atoms with Crippen molar-refractivity contribution in [3.8, 4) is 11.4 Å². The molecule has 0 aliphatic heterocycles. The van der Waals surface area contributed by atoms with Crippen LogP contribution in [0.3, 0.4) is 0 Å². The lowest BCUT2D eigenvalue weighted by Crippen LogP contribution is -2.32. The van der Waals surface area contributed by atoms with E-state index in [1.54, 1.807) is 17.1 Å². The zero-order valence-electron chi connectivity index (χ0n) is 12.9. The van der Waals surface area contributed by atoms with Gasteiger partial charge in [-0.25, -0.2) is 0 Å². The number of hydrogen-bond donors (Lipinski definition) is 2. The van der Waals surface area contributed by atoms with E-state index in [1.165, 1.54) is 0 Å². The number of nitrogens with one attached hydrogen (secondary N) is 2. The summed E-state index contributed by atoms with van der Waals surface area (Å²) in [6.07, 6.45) is 4.54. The molecule has 0 aliphatic carbocycles. The molecule has 0 fully saturated rings. The predicted octanol–water partition coefficient (Wildman–Crippen LogP) is 1.87. The van der Waals surface area contributed by atoms with Crippen molar-refractivity contribution in [3.05, 3.63) is 60.4 Å². The van der Waals surface area contributed by atoms with Crippen molar-refractivity contribution in [1.82, 2.24) is 15.1 Å². The number of benzene rings is 1. The molecular weight excluding hydrogens is 290 g/mol. The summed E-state index contributed by atoms with van der Waals surface area (Å²) in [6, 6.07) is 13.7. The predicted molar refractivity (Wildman–Crippen MR) is 86.4 cm³/mol. The van der Waals surface area contributed by atoms with Crippen LogP contribution in [0.2, 0.25) is 0 Å². The molecule has 6 heteroatoms. The molecule has 1 amide bonds. The molecule has 0 radical (unpaired) electrons. The Balaban J connectivity index is 1.63. The quantitative estimate of drug-likeness (QED) is 0.707. The van der Waals surface area contributed by atoms with Crippen LogP contribution in [0, 0.1) is 0 Å². The van der Waals surface area contributed by atoms with E-state index in [0.29, 0.717) is 18.8 Å². The van der Waals surface area contributed by atoms with Crippen molar-refractivity contribution in [2.75, 3.05) is 5.32 Å². The number of pyridine rings is 1. The summed E-state index contributed by atoms with van der Waals surface area (Å²) in [5.41, 5.74) is 2.08. The fourth-order valence-corrected chi connectivity index (χ4v) is 2.33. The van der Waals surface area contributed by atoms with E-state index in [2.05, 4.69) is 20.4 Å². The lowest BCUT2D eigenvalue weighted by Gasteiger charge is -2.00. The van der Waals surface area contributed by atoms with Gasteiger partial charge in [-0.1, -0.05) is 30.3 Å². The highest BCUT2D eigenvalue weighted by Gasteiger charge is 2.20. The highest BCUT2D eigenvalue weighted by atomic mass is 16.1. The van der Waals surface area contributed by atoms with Crippen molar-refractivity contribution < 1.29 is 9.48 Å². The number of amides is 1. The summed E-state index contributed by atoms with van der Waals surface area (Å²) in [5.74, 6) is 1.12. The van der Waals surface area contributed by atoms with E-state index in [1.807, 2.05) is 49.5 Å². The molecule has 2 N–H and O–H groups in total. The summed E-state index contributed by atoms with van der Waals surface area (Å²) >= 11 is 0. The van der Waals surface area contributed by atoms with Crippen LogP contribution in [0.15, 0.2) is 54.9 Å². The number of aromatic nitrogens is 4. The van der Waals surface area contributed by atoms with Gasteiger partial charge in [0.15, 0.2) is 0 Å². The highest BCUT2D eigenvalue weighted by molar-refractivity contribution is 5.89. The topological polar surface area (TPSA) is 74.5 Å².